The molecule has 0 aliphatic rings. The van der Waals surface area contributed by atoms with Gasteiger partial charge in [0.15, 0.2) is 5.78 Å². The Kier molecular flexibility index (Phi) is 4.98. The summed E-state index contributed by atoms with van der Waals surface area (Å²) in [5, 5.41) is 5.61. The second-order valence-corrected chi connectivity index (χ2v) is 10.1. The lowest BCUT2D eigenvalue weighted by Crippen LogP contribution is -2.00. The molecule has 0 unspecified atom stereocenters. The van der Waals surface area contributed by atoms with Crippen LogP contribution in [-0.2, 0) is 0 Å². The lowest BCUT2D eigenvalue weighted by molar-refractivity contribution is 0.103. The van der Waals surface area contributed by atoms with E-state index in [0.717, 1.165) is 22.1 Å². The smallest absolute Gasteiger partial charge is 0.196 e. The molecule has 8 rings (SSSR count). The van der Waals surface area contributed by atoms with Gasteiger partial charge in [-0.25, -0.2) is 0 Å². The van der Waals surface area contributed by atoms with E-state index in [4.69, 9.17) is 4.42 Å². The number of ketones is 1. The molecule has 188 valence electrons. The van der Waals surface area contributed by atoms with Gasteiger partial charge in [-0.3, -0.25) is 4.79 Å². The minimum atomic E-state index is -0.0442. The third kappa shape index (κ3) is 3.41. The molecule has 6 aromatic carbocycles. The molecule has 8 aromatic rings. The zero-order valence-electron chi connectivity index (χ0n) is 21.5. The standard InChI is InChI=1S/C37H23NO2/c39-37(25-12-5-2-6-13-25)33-23-40-36-19-18-27(21-32(33)36)38-34-17-8-7-15-29(34)31-20-26-14-9-16-28(30(26)22-35(31)38)24-10-3-1-4-11-24/h1-23H. The van der Waals surface area contributed by atoms with E-state index in [1.807, 2.05) is 42.5 Å². The van der Waals surface area contributed by atoms with Gasteiger partial charge < -0.3 is 8.98 Å². The maximum Gasteiger partial charge on any atom is 0.196 e. The summed E-state index contributed by atoms with van der Waals surface area (Å²) >= 11 is 0. The Labute approximate surface area is 230 Å². The van der Waals surface area contributed by atoms with Gasteiger partial charge in [0.2, 0.25) is 0 Å². The van der Waals surface area contributed by atoms with Crippen molar-refractivity contribution in [1.29, 1.82) is 0 Å². The Balaban J connectivity index is 1.40. The summed E-state index contributed by atoms with van der Waals surface area (Å²) in [6, 6.07) is 45.6. The third-order valence-electron chi connectivity index (χ3n) is 7.85. The van der Waals surface area contributed by atoms with E-state index >= 15 is 0 Å². The van der Waals surface area contributed by atoms with Crippen LogP contribution in [0.4, 0.5) is 0 Å². The van der Waals surface area contributed by atoms with Crippen molar-refractivity contribution in [2.24, 2.45) is 0 Å². The Morgan fingerprint density at radius 3 is 2.20 bits per heavy atom. The first-order valence-corrected chi connectivity index (χ1v) is 13.4. The number of nitrogens with zero attached hydrogens (tertiary/aromatic N) is 1. The predicted molar refractivity (Wildman–Crippen MR) is 163 cm³/mol. The van der Waals surface area contributed by atoms with Gasteiger partial charge in [0.05, 0.1) is 16.6 Å². The molecule has 0 aliphatic carbocycles. The van der Waals surface area contributed by atoms with Gasteiger partial charge in [0, 0.05) is 27.4 Å². The van der Waals surface area contributed by atoms with E-state index in [1.165, 1.54) is 32.7 Å². The first-order chi connectivity index (χ1) is 19.8. The molecular formula is C37H23NO2. The topological polar surface area (TPSA) is 35.1 Å². The highest BCUT2D eigenvalue weighted by atomic mass is 16.3. The molecule has 0 atom stereocenters. The van der Waals surface area contributed by atoms with Crippen molar-refractivity contribution in [3.05, 3.63) is 151 Å². The molecule has 3 nitrogen and oxygen atoms in total. The van der Waals surface area contributed by atoms with Crippen molar-refractivity contribution in [3.8, 4) is 16.8 Å². The number of aromatic nitrogens is 1. The van der Waals surface area contributed by atoms with Crippen molar-refractivity contribution in [3.63, 3.8) is 0 Å². The Morgan fingerprint density at radius 2 is 1.35 bits per heavy atom. The summed E-state index contributed by atoms with van der Waals surface area (Å²) in [5.41, 5.74) is 7.54. The summed E-state index contributed by atoms with van der Waals surface area (Å²) in [6.45, 7) is 0. The summed E-state index contributed by atoms with van der Waals surface area (Å²) in [5.74, 6) is -0.0442. The molecule has 0 radical (unpaired) electrons. The van der Waals surface area contributed by atoms with Crippen LogP contribution in [0.1, 0.15) is 15.9 Å². The van der Waals surface area contributed by atoms with Crippen LogP contribution in [0.2, 0.25) is 0 Å². The van der Waals surface area contributed by atoms with Gasteiger partial charge in [0.25, 0.3) is 0 Å². The highest BCUT2D eigenvalue weighted by Crippen LogP contribution is 2.38. The van der Waals surface area contributed by atoms with Crippen LogP contribution in [-0.4, -0.2) is 10.4 Å². The van der Waals surface area contributed by atoms with E-state index in [9.17, 15) is 4.79 Å². The van der Waals surface area contributed by atoms with E-state index in [0.29, 0.717) is 16.7 Å². The average molecular weight is 514 g/mol. The summed E-state index contributed by atoms with van der Waals surface area (Å²) in [4.78, 5) is 13.4. The van der Waals surface area contributed by atoms with Gasteiger partial charge >= 0.3 is 0 Å². The highest BCUT2D eigenvalue weighted by molar-refractivity contribution is 6.17. The molecule has 3 heteroatoms. The van der Waals surface area contributed by atoms with Gasteiger partial charge in [0.1, 0.15) is 11.8 Å². The maximum atomic E-state index is 13.4. The third-order valence-corrected chi connectivity index (χ3v) is 7.85. The number of furan rings is 1. The van der Waals surface area contributed by atoms with Crippen molar-refractivity contribution in [1.82, 2.24) is 4.57 Å². The monoisotopic (exact) mass is 513 g/mol. The summed E-state index contributed by atoms with van der Waals surface area (Å²) in [6.07, 6.45) is 1.58. The maximum absolute atomic E-state index is 13.4. The second-order valence-electron chi connectivity index (χ2n) is 10.1. The lowest BCUT2D eigenvalue weighted by atomic mass is 9.97. The zero-order valence-corrected chi connectivity index (χ0v) is 21.5. The molecule has 0 fully saturated rings. The number of fused-ring (bicyclic) bond motifs is 5. The van der Waals surface area contributed by atoms with Crippen LogP contribution in [0.3, 0.4) is 0 Å². The number of para-hydroxylation sites is 1. The molecule has 0 bridgehead atoms. The quantitative estimate of drug-likeness (QED) is 0.220. The van der Waals surface area contributed by atoms with Gasteiger partial charge in [-0.1, -0.05) is 97.1 Å². The largest absolute Gasteiger partial charge is 0.464 e. The fourth-order valence-electron chi connectivity index (χ4n) is 5.97. The minimum Gasteiger partial charge on any atom is -0.464 e. The molecular weight excluding hydrogens is 490 g/mol. The molecule has 2 heterocycles. The van der Waals surface area contributed by atoms with Gasteiger partial charge in [-0.2, -0.15) is 0 Å². The fourth-order valence-corrected chi connectivity index (χ4v) is 5.97. The Bertz CT molecular complexity index is 2220. The first kappa shape index (κ1) is 22.6. The predicted octanol–water partition coefficient (Wildman–Crippen LogP) is 9.58. The number of hydrogen-bond donors (Lipinski definition) is 0. The van der Waals surface area contributed by atoms with Gasteiger partial charge in [-0.05, 0) is 58.3 Å². The zero-order chi connectivity index (χ0) is 26.6. The van der Waals surface area contributed by atoms with Crippen molar-refractivity contribution >= 4 is 49.3 Å². The van der Waals surface area contributed by atoms with Crippen LogP contribution in [0.5, 0.6) is 0 Å². The van der Waals surface area contributed by atoms with Crippen molar-refractivity contribution < 1.29 is 9.21 Å². The molecule has 40 heavy (non-hydrogen) atoms. The molecule has 2 aromatic heterocycles. The van der Waals surface area contributed by atoms with Crippen LogP contribution < -0.4 is 0 Å². The molecule has 0 spiro atoms. The second kappa shape index (κ2) is 8.82. The van der Waals surface area contributed by atoms with E-state index in [-0.39, 0.29) is 5.78 Å². The van der Waals surface area contributed by atoms with Crippen LogP contribution in [0.25, 0.3) is 60.4 Å². The van der Waals surface area contributed by atoms with Crippen molar-refractivity contribution in [2.75, 3.05) is 0 Å². The fraction of sp³-hybridized carbons (Fsp3) is 0. The molecule has 0 saturated carbocycles. The molecule has 0 amide bonds. The normalized spacial score (nSPS) is 11.6. The molecule has 0 N–H and O–H groups in total. The first-order valence-electron chi connectivity index (χ1n) is 13.4. The van der Waals surface area contributed by atoms with E-state index in [2.05, 4.69) is 95.6 Å². The number of benzene rings is 6. The van der Waals surface area contributed by atoms with E-state index in [1.54, 1.807) is 6.26 Å². The van der Waals surface area contributed by atoms with Crippen molar-refractivity contribution in [2.45, 2.75) is 0 Å². The average Bonchev–Trinajstić information content (AvgIpc) is 3.58. The molecule has 0 aliphatic heterocycles. The number of carbonyl (C=O) groups is 1. The van der Waals surface area contributed by atoms with Gasteiger partial charge in [-0.15, -0.1) is 0 Å². The Morgan fingerprint density at radius 1 is 0.575 bits per heavy atom. The highest BCUT2D eigenvalue weighted by Gasteiger charge is 2.19. The Hall–Kier alpha value is -5.41. The molecule has 0 saturated heterocycles. The SMILES string of the molecule is O=C(c1ccccc1)c1coc2ccc(-n3c4ccccc4c4cc5cccc(-c6ccccc6)c5cc43)cc12. The summed E-state index contributed by atoms with van der Waals surface area (Å²) in [7, 11) is 0. The van der Waals surface area contributed by atoms with Crippen LogP contribution in [0.15, 0.2) is 144 Å². The minimum absolute atomic E-state index is 0.0442. The van der Waals surface area contributed by atoms with Crippen LogP contribution >= 0.6 is 0 Å². The van der Waals surface area contributed by atoms with E-state index < -0.39 is 0 Å². The number of rotatable bonds is 4. The lowest BCUT2D eigenvalue weighted by Gasteiger charge is -2.11. The number of hydrogen-bond acceptors (Lipinski definition) is 2. The van der Waals surface area contributed by atoms with Crippen LogP contribution in [0, 0.1) is 0 Å². The summed E-state index contributed by atoms with van der Waals surface area (Å²) < 4.78 is 8.13. The number of carbonyl (C=O) groups excluding carboxylic acids is 1.